The standard InChI is InChI=1S/C23H42/c1-3-5-6-9-21-16-18-23(19-17-21)11-8-7-10-22-14-12-20(4-2)13-15-22/h6,9,20-23H,3-5,7-8,10-19H2,1-2H3. The molecule has 0 amide bonds. The van der Waals surface area contributed by atoms with Crippen LogP contribution in [0.15, 0.2) is 12.2 Å². The fraction of sp³-hybridized carbons (Fsp3) is 0.913. The van der Waals surface area contributed by atoms with Gasteiger partial charge in [-0.15, -0.1) is 0 Å². The summed E-state index contributed by atoms with van der Waals surface area (Å²) >= 11 is 0. The predicted octanol–water partition coefficient (Wildman–Crippen LogP) is 7.93. The molecule has 0 aliphatic heterocycles. The highest BCUT2D eigenvalue weighted by molar-refractivity contribution is 4.90. The van der Waals surface area contributed by atoms with E-state index >= 15 is 0 Å². The van der Waals surface area contributed by atoms with E-state index in [-0.39, 0.29) is 0 Å². The molecular formula is C23H42. The van der Waals surface area contributed by atoms with Crippen LogP contribution in [-0.2, 0) is 0 Å². The summed E-state index contributed by atoms with van der Waals surface area (Å²) in [7, 11) is 0. The quantitative estimate of drug-likeness (QED) is 0.299. The van der Waals surface area contributed by atoms with Gasteiger partial charge in [0, 0.05) is 0 Å². The molecule has 0 heterocycles. The summed E-state index contributed by atoms with van der Waals surface area (Å²) in [6.07, 6.45) is 27.1. The summed E-state index contributed by atoms with van der Waals surface area (Å²) < 4.78 is 0. The smallest absolute Gasteiger partial charge is 0.0233 e. The van der Waals surface area contributed by atoms with E-state index in [1.54, 1.807) is 0 Å². The third kappa shape index (κ3) is 7.44. The normalized spacial score (nSPS) is 32.4. The molecule has 2 saturated carbocycles. The SMILES string of the molecule is CCCC=CC1CCC(CCCCC2CCC(CC)CC2)CC1. The van der Waals surface area contributed by atoms with Crippen molar-refractivity contribution < 1.29 is 0 Å². The van der Waals surface area contributed by atoms with Gasteiger partial charge in [0.15, 0.2) is 0 Å². The minimum atomic E-state index is 0.909. The van der Waals surface area contributed by atoms with Gasteiger partial charge in [0.25, 0.3) is 0 Å². The number of unbranched alkanes of at least 4 members (excludes halogenated alkanes) is 2. The summed E-state index contributed by atoms with van der Waals surface area (Å²) in [5.41, 5.74) is 0. The molecule has 0 spiro atoms. The van der Waals surface area contributed by atoms with E-state index in [4.69, 9.17) is 0 Å². The van der Waals surface area contributed by atoms with Crippen molar-refractivity contribution in [2.75, 3.05) is 0 Å². The molecule has 0 saturated heterocycles. The molecule has 0 aromatic carbocycles. The Morgan fingerprint density at radius 2 is 1.22 bits per heavy atom. The van der Waals surface area contributed by atoms with Gasteiger partial charge in [0.1, 0.15) is 0 Å². The first-order chi connectivity index (χ1) is 11.3. The minimum Gasteiger partial charge on any atom is -0.0883 e. The van der Waals surface area contributed by atoms with Gasteiger partial charge in [0.05, 0.1) is 0 Å². The molecule has 0 unspecified atom stereocenters. The van der Waals surface area contributed by atoms with Crippen molar-refractivity contribution in [2.45, 2.75) is 110 Å². The van der Waals surface area contributed by atoms with Gasteiger partial charge in [-0.05, 0) is 55.8 Å². The molecule has 0 bridgehead atoms. The highest BCUT2D eigenvalue weighted by Gasteiger charge is 2.21. The lowest BCUT2D eigenvalue weighted by atomic mass is 9.77. The van der Waals surface area contributed by atoms with Crippen LogP contribution in [-0.4, -0.2) is 0 Å². The lowest BCUT2D eigenvalue weighted by molar-refractivity contribution is 0.246. The molecule has 0 atom stereocenters. The third-order valence-electron chi connectivity index (χ3n) is 6.77. The minimum absolute atomic E-state index is 0.909. The monoisotopic (exact) mass is 318 g/mol. The fourth-order valence-corrected chi connectivity index (χ4v) is 4.92. The van der Waals surface area contributed by atoms with Crippen LogP contribution in [0.4, 0.5) is 0 Å². The molecule has 0 nitrogen and oxygen atoms in total. The fourth-order valence-electron chi connectivity index (χ4n) is 4.92. The molecule has 0 N–H and O–H groups in total. The summed E-state index contributed by atoms with van der Waals surface area (Å²) in [6, 6.07) is 0. The van der Waals surface area contributed by atoms with Crippen molar-refractivity contribution in [1.82, 2.24) is 0 Å². The van der Waals surface area contributed by atoms with Gasteiger partial charge >= 0.3 is 0 Å². The summed E-state index contributed by atoms with van der Waals surface area (Å²) in [6.45, 7) is 4.65. The largest absolute Gasteiger partial charge is 0.0883 e. The van der Waals surface area contributed by atoms with Crippen LogP contribution < -0.4 is 0 Å². The van der Waals surface area contributed by atoms with Crippen molar-refractivity contribution >= 4 is 0 Å². The first kappa shape index (κ1) is 19.1. The molecule has 2 fully saturated rings. The van der Waals surface area contributed by atoms with E-state index in [0.717, 1.165) is 23.7 Å². The van der Waals surface area contributed by atoms with Crippen LogP contribution >= 0.6 is 0 Å². The van der Waals surface area contributed by atoms with Crippen LogP contribution in [0.2, 0.25) is 0 Å². The Hall–Kier alpha value is -0.260. The average Bonchev–Trinajstić information content (AvgIpc) is 2.61. The van der Waals surface area contributed by atoms with Gasteiger partial charge in [-0.1, -0.05) is 90.2 Å². The van der Waals surface area contributed by atoms with E-state index in [9.17, 15) is 0 Å². The molecule has 0 aromatic heterocycles. The van der Waals surface area contributed by atoms with Crippen LogP contribution in [0.3, 0.4) is 0 Å². The Labute approximate surface area is 146 Å². The maximum atomic E-state index is 2.52. The van der Waals surface area contributed by atoms with Gasteiger partial charge in [-0.3, -0.25) is 0 Å². The Morgan fingerprint density at radius 1 is 0.696 bits per heavy atom. The van der Waals surface area contributed by atoms with E-state index in [1.165, 1.54) is 96.3 Å². The molecule has 134 valence electrons. The Balaban J connectivity index is 1.48. The van der Waals surface area contributed by atoms with E-state index in [1.807, 2.05) is 0 Å². The molecule has 2 rings (SSSR count). The van der Waals surface area contributed by atoms with Crippen LogP contribution in [0.1, 0.15) is 110 Å². The van der Waals surface area contributed by atoms with Gasteiger partial charge < -0.3 is 0 Å². The summed E-state index contributed by atoms with van der Waals surface area (Å²) in [4.78, 5) is 0. The van der Waals surface area contributed by atoms with E-state index in [2.05, 4.69) is 26.0 Å². The molecule has 2 aliphatic carbocycles. The van der Waals surface area contributed by atoms with Crippen LogP contribution in [0, 0.1) is 23.7 Å². The molecule has 0 radical (unpaired) electrons. The lowest BCUT2D eigenvalue weighted by Crippen LogP contribution is -2.14. The van der Waals surface area contributed by atoms with Crippen LogP contribution in [0.25, 0.3) is 0 Å². The maximum Gasteiger partial charge on any atom is -0.0233 e. The van der Waals surface area contributed by atoms with E-state index < -0.39 is 0 Å². The van der Waals surface area contributed by atoms with Gasteiger partial charge in [-0.2, -0.15) is 0 Å². The molecule has 2 aliphatic rings. The molecule has 0 heteroatoms. The molecule has 23 heavy (non-hydrogen) atoms. The molecular weight excluding hydrogens is 276 g/mol. The van der Waals surface area contributed by atoms with Gasteiger partial charge in [-0.25, -0.2) is 0 Å². The second-order valence-corrected chi connectivity index (χ2v) is 8.58. The number of hydrogen-bond donors (Lipinski definition) is 0. The van der Waals surface area contributed by atoms with Crippen molar-refractivity contribution in [2.24, 2.45) is 23.7 Å². The zero-order valence-corrected chi connectivity index (χ0v) is 16.1. The predicted molar refractivity (Wildman–Crippen MR) is 104 cm³/mol. The summed E-state index contributed by atoms with van der Waals surface area (Å²) in [5.74, 6) is 4.11. The van der Waals surface area contributed by atoms with Crippen molar-refractivity contribution in [3.05, 3.63) is 12.2 Å². The first-order valence-corrected chi connectivity index (χ1v) is 11.0. The average molecular weight is 319 g/mol. The topological polar surface area (TPSA) is 0 Å². The number of hydrogen-bond acceptors (Lipinski definition) is 0. The second-order valence-electron chi connectivity index (χ2n) is 8.58. The Kier molecular flexibility index (Phi) is 9.39. The first-order valence-electron chi connectivity index (χ1n) is 11.0. The van der Waals surface area contributed by atoms with Crippen LogP contribution in [0.5, 0.6) is 0 Å². The zero-order valence-electron chi connectivity index (χ0n) is 16.1. The zero-order chi connectivity index (χ0) is 16.3. The third-order valence-corrected chi connectivity index (χ3v) is 6.77. The Morgan fingerprint density at radius 3 is 1.74 bits per heavy atom. The number of allylic oxidation sites excluding steroid dienone is 2. The molecule has 0 aromatic rings. The van der Waals surface area contributed by atoms with E-state index in [0.29, 0.717) is 0 Å². The highest BCUT2D eigenvalue weighted by atomic mass is 14.3. The highest BCUT2D eigenvalue weighted by Crippen LogP contribution is 2.35. The van der Waals surface area contributed by atoms with Crippen molar-refractivity contribution in [3.8, 4) is 0 Å². The van der Waals surface area contributed by atoms with Crippen molar-refractivity contribution in [1.29, 1.82) is 0 Å². The second kappa shape index (κ2) is 11.3. The van der Waals surface area contributed by atoms with Crippen molar-refractivity contribution in [3.63, 3.8) is 0 Å². The Bertz CT molecular complexity index is 300. The van der Waals surface area contributed by atoms with Gasteiger partial charge in [0.2, 0.25) is 0 Å². The summed E-state index contributed by atoms with van der Waals surface area (Å²) in [5, 5.41) is 0. The maximum absolute atomic E-state index is 2.52. The number of rotatable bonds is 9. The lowest BCUT2D eigenvalue weighted by Gasteiger charge is -2.28.